The molecule has 3 rings (SSSR count). The molecule has 6 nitrogen and oxygen atoms in total. The Hall–Kier alpha value is -3.28. The van der Waals surface area contributed by atoms with Crippen LogP contribution in [0.25, 0.3) is 6.08 Å². The van der Waals surface area contributed by atoms with Crippen LogP contribution in [0.15, 0.2) is 48.7 Å². The standard InChI is InChI=1S/C21H22N2O4/c1-14(24)23-11-10-15-6-4-5-7-17(15)19(23)13-21(25)22-18-12-16(26-2)8-9-20(18)27-3/h4-12,19H,13H2,1-3H3,(H,22,25). The van der Waals surface area contributed by atoms with E-state index in [9.17, 15) is 9.59 Å². The predicted molar refractivity (Wildman–Crippen MR) is 104 cm³/mol. The number of ether oxygens (including phenoxy) is 2. The quantitative estimate of drug-likeness (QED) is 0.878. The fourth-order valence-electron chi connectivity index (χ4n) is 3.20. The molecule has 0 bridgehead atoms. The fraction of sp³-hybridized carbons (Fsp3) is 0.238. The van der Waals surface area contributed by atoms with Crippen LogP contribution in [0, 0.1) is 0 Å². The van der Waals surface area contributed by atoms with E-state index in [1.807, 2.05) is 30.3 Å². The van der Waals surface area contributed by atoms with E-state index >= 15 is 0 Å². The molecule has 1 unspecified atom stereocenters. The zero-order valence-corrected chi connectivity index (χ0v) is 15.6. The summed E-state index contributed by atoms with van der Waals surface area (Å²) in [5.41, 5.74) is 2.48. The molecule has 140 valence electrons. The first-order valence-corrected chi connectivity index (χ1v) is 8.61. The van der Waals surface area contributed by atoms with Crippen LogP contribution >= 0.6 is 0 Å². The minimum atomic E-state index is -0.361. The first kappa shape index (κ1) is 18.5. The van der Waals surface area contributed by atoms with E-state index in [0.717, 1.165) is 11.1 Å². The molecule has 0 aliphatic carbocycles. The Kier molecular flexibility index (Phi) is 5.45. The zero-order valence-electron chi connectivity index (χ0n) is 15.6. The van der Waals surface area contributed by atoms with E-state index in [0.29, 0.717) is 17.2 Å². The van der Waals surface area contributed by atoms with Gasteiger partial charge in [-0.2, -0.15) is 0 Å². The highest BCUT2D eigenvalue weighted by molar-refractivity contribution is 5.93. The van der Waals surface area contributed by atoms with Gasteiger partial charge in [0.15, 0.2) is 0 Å². The third-order valence-corrected chi connectivity index (χ3v) is 4.53. The van der Waals surface area contributed by atoms with Gasteiger partial charge < -0.3 is 19.7 Å². The Bertz CT molecular complexity index is 892. The minimum absolute atomic E-state index is 0.113. The van der Waals surface area contributed by atoms with Crippen molar-refractivity contribution in [2.45, 2.75) is 19.4 Å². The Balaban J connectivity index is 1.84. The second-order valence-corrected chi connectivity index (χ2v) is 6.21. The third-order valence-electron chi connectivity index (χ3n) is 4.53. The van der Waals surface area contributed by atoms with E-state index in [-0.39, 0.29) is 24.3 Å². The van der Waals surface area contributed by atoms with E-state index in [1.54, 1.807) is 36.4 Å². The second kappa shape index (κ2) is 7.95. The number of methoxy groups -OCH3 is 2. The molecule has 1 heterocycles. The average Bonchev–Trinajstić information content (AvgIpc) is 2.67. The molecule has 27 heavy (non-hydrogen) atoms. The Morgan fingerprint density at radius 2 is 1.89 bits per heavy atom. The topological polar surface area (TPSA) is 67.9 Å². The lowest BCUT2D eigenvalue weighted by molar-refractivity contribution is -0.129. The van der Waals surface area contributed by atoms with Gasteiger partial charge in [-0.1, -0.05) is 24.3 Å². The number of anilines is 1. The van der Waals surface area contributed by atoms with Gasteiger partial charge in [0, 0.05) is 19.2 Å². The van der Waals surface area contributed by atoms with Gasteiger partial charge in [0.1, 0.15) is 11.5 Å². The molecule has 1 aliphatic rings. The molecule has 0 spiro atoms. The maximum Gasteiger partial charge on any atom is 0.226 e. The number of hydrogen-bond acceptors (Lipinski definition) is 4. The molecule has 2 aromatic carbocycles. The molecule has 0 radical (unpaired) electrons. The van der Waals surface area contributed by atoms with Gasteiger partial charge >= 0.3 is 0 Å². The Morgan fingerprint density at radius 1 is 1.11 bits per heavy atom. The molecule has 6 heteroatoms. The lowest BCUT2D eigenvalue weighted by Gasteiger charge is -2.32. The van der Waals surface area contributed by atoms with Crippen LogP contribution in [0.3, 0.4) is 0 Å². The van der Waals surface area contributed by atoms with Crippen molar-refractivity contribution in [2.24, 2.45) is 0 Å². The molecule has 0 saturated carbocycles. The highest BCUT2D eigenvalue weighted by Gasteiger charge is 2.28. The van der Waals surface area contributed by atoms with E-state index in [1.165, 1.54) is 14.0 Å². The summed E-state index contributed by atoms with van der Waals surface area (Å²) in [6, 6.07) is 12.6. The molecule has 2 amide bonds. The van der Waals surface area contributed by atoms with Crippen molar-refractivity contribution in [3.05, 3.63) is 59.8 Å². The highest BCUT2D eigenvalue weighted by Crippen LogP contribution is 2.34. The van der Waals surface area contributed by atoms with Gasteiger partial charge in [-0.15, -0.1) is 0 Å². The third kappa shape index (κ3) is 3.95. The SMILES string of the molecule is COc1ccc(OC)c(NC(=O)CC2c3ccccc3C=CN2C(C)=O)c1. The van der Waals surface area contributed by atoms with Gasteiger partial charge in [0.25, 0.3) is 0 Å². The minimum Gasteiger partial charge on any atom is -0.497 e. The lowest BCUT2D eigenvalue weighted by Crippen LogP contribution is -2.33. The largest absolute Gasteiger partial charge is 0.497 e. The number of hydrogen-bond donors (Lipinski definition) is 1. The van der Waals surface area contributed by atoms with Crippen LogP contribution in [0.4, 0.5) is 5.69 Å². The molecular weight excluding hydrogens is 344 g/mol. The van der Waals surface area contributed by atoms with Crippen LogP contribution in [-0.4, -0.2) is 30.9 Å². The number of carbonyl (C=O) groups excluding carboxylic acids is 2. The van der Waals surface area contributed by atoms with E-state index < -0.39 is 0 Å². The van der Waals surface area contributed by atoms with Gasteiger partial charge in [0.05, 0.1) is 32.4 Å². The van der Waals surface area contributed by atoms with Crippen molar-refractivity contribution >= 4 is 23.6 Å². The van der Waals surface area contributed by atoms with Crippen LogP contribution < -0.4 is 14.8 Å². The van der Waals surface area contributed by atoms with Gasteiger partial charge in [-0.25, -0.2) is 0 Å². The number of rotatable bonds is 5. The highest BCUT2D eigenvalue weighted by atomic mass is 16.5. The van der Waals surface area contributed by atoms with Gasteiger partial charge in [-0.3, -0.25) is 9.59 Å². The molecule has 1 N–H and O–H groups in total. The fourth-order valence-corrected chi connectivity index (χ4v) is 3.20. The average molecular weight is 366 g/mol. The van der Waals surface area contributed by atoms with E-state index in [4.69, 9.17) is 9.47 Å². The van der Waals surface area contributed by atoms with Crippen LogP contribution in [-0.2, 0) is 9.59 Å². The summed E-state index contributed by atoms with van der Waals surface area (Å²) in [6.07, 6.45) is 3.74. The van der Waals surface area contributed by atoms with Crippen molar-refractivity contribution < 1.29 is 19.1 Å². The summed E-state index contributed by atoms with van der Waals surface area (Å²) >= 11 is 0. The monoisotopic (exact) mass is 366 g/mol. The molecule has 0 fully saturated rings. The smallest absolute Gasteiger partial charge is 0.226 e. The van der Waals surface area contributed by atoms with Gasteiger partial charge in [-0.05, 0) is 29.3 Å². The number of nitrogens with one attached hydrogen (secondary N) is 1. The van der Waals surface area contributed by atoms with Crippen molar-refractivity contribution in [1.82, 2.24) is 4.90 Å². The molecular formula is C21H22N2O4. The summed E-state index contributed by atoms with van der Waals surface area (Å²) < 4.78 is 10.5. The Labute approximate surface area is 158 Å². The second-order valence-electron chi connectivity index (χ2n) is 6.21. The normalized spacial score (nSPS) is 15.1. The first-order chi connectivity index (χ1) is 13.0. The summed E-state index contributed by atoms with van der Waals surface area (Å²) in [4.78, 5) is 26.4. The number of fused-ring (bicyclic) bond motifs is 1. The number of nitrogens with zero attached hydrogens (tertiary/aromatic N) is 1. The number of carbonyl (C=O) groups is 2. The van der Waals surface area contributed by atoms with Crippen LogP contribution in [0.2, 0.25) is 0 Å². The summed E-state index contributed by atoms with van der Waals surface area (Å²) in [7, 11) is 3.10. The summed E-state index contributed by atoms with van der Waals surface area (Å²) in [6.45, 7) is 1.49. The molecule has 1 atom stereocenters. The summed E-state index contributed by atoms with van der Waals surface area (Å²) in [5.74, 6) is 0.819. The number of amides is 2. The predicted octanol–water partition coefficient (Wildman–Crippen LogP) is 3.61. The van der Waals surface area contributed by atoms with Crippen LogP contribution in [0.1, 0.15) is 30.5 Å². The zero-order chi connectivity index (χ0) is 19.4. The lowest BCUT2D eigenvalue weighted by atomic mass is 9.93. The molecule has 0 aromatic heterocycles. The van der Waals surface area contributed by atoms with E-state index in [2.05, 4.69) is 5.32 Å². The van der Waals surface area contributed by atoms with Crippen LogP contribution in [0.5, 0.6) is 11.5 Å². The van der Waals surface area contributed by atoms with Crippen molar-refractivity contribution in [1.29, 1.82) is 0 Å². The molecule has 1 aliphatic heterocycles. The number of benzene rings is 2. The van der Waals surface area contributed by atoms with Crippen molar-refractivity contribution in [2.75, 3.05) is 19.5 Å². The maximum atomic E-state index is 12.8. The van der Waals surface area contributed by atoms with Crippen molar-refractivity contribution in [3.63, 3.8) is 0 Å². The van der Waals surface area contributed by atoms with Gasteiger partial charge in [0.2, 0.25) is 11.8 Å². The summed E-state index contributed by atoms with van der Waals surface area (Å²) in [5, 5.41) is 2.87. The Morgan fingerprint density at radius 3 is 2.59 bits per heavy atom. The first-order valence-electron chi connectivity index (χ1n) is 8.61. The maximum absolute atomic E-state index is 12.8. The molecule has 0 saturated heterocycles. The van der Waals surface area contributed by atoms with Crippen molar-refractivity contribution in [3.8, 4) is 11.5 Å². The molecule has 2 aromatic rings.